The number of hydrogen-bond acceptors (Lipinski definition) is 2. The van der Waals surface area contributed by atoms with E-state index in [0.717, 1.165) is 23.4 Å². The lowest BCUT2D eigenvalue weighted by Crippen LogP contribution is -2.30. The van der Waals surface area contributed by atoms with E-state index in [4.69, 9.17) is 0 Å². The maximum absolute atomic E-state index is 12.5. The largest absolute Gasteiger partial charge is 0.354 e. The number of carbonyl (C=O) groups excluding carboxylic acids is 1. The number of amides is 1. The van der Waals surface area contributed by atoms with Crippen LogP contribution in [0.2, 0.25) is 0 Å². The molecule has 2 atom stereocenters. The first-order valence-electron chi connectivity index (χ1n) is 8.67. The van der Waals surface area contributed by atoms with E-state index in [9.17, 15) is 4.79 Å². The van der Waals surface area contributed by atoms with E-state index in [2.05, 4.69) is 54.7 Å². The third-order valence-corrected chi connectivity index (χ3v) is 5.19. The molecule has 4 heteroatoms. The molecular weight excluding hydrogens is 298 g/mol. The number of hydrogen-bond donors (Lipinski definition) is 1. The topological polar surface area (TPSA) is 46.9 Å². The van der Waals surface area contributed by atoms with Crippen LogP contribution in [0.3, 0.4) is 0 Å². The first kappa shape index (κ1) is 16.7. The lowest BCUT2D eigenvalue weighted by molar-refractivity contribution is -0.123. The number of carbonyl (C=O) groups is 1. The third kappa shape index (κ3) is 2.97. The van der Waals surface area contributed by atoms with Gasteiger partial charge in [-0.3, -0.25) is 4.79 Å². The van der Waals surface area contributed by atoms with Crippen LogP contribution in [0.1, 0.15) is 33.5 Å². The summed E-state index contributed by atoms with van der Waals surface area (Å²) >= 11 is 0. The summed E-state index contributed by atoms with van der Waals surface area (Å²) in [6, 6.07) is 8.12. The highest BCUT2D eigenvalue weighted by Crippen LogP contribution is 2.59. The Bertz CT molecular complexity index is 796. The molecule has 0 spiro atoms. The minimum atomic E-state index is 0.0684. The van der Waals surface area contributed by atoms with Gasteiger partial charge in [0.25, 0.3) is 0 Å². The Balaban J connectivity index is 1.62. The lowest BCUT2D eigenvalue weighted by atomic mass is 10.1. The molecule has 1 aromatic heterocycles. The lowest BCUT2D eigenvalue weighted by Gasteiger charge is -2.09. The fraction of sp³-hybridized carbons (Fsp3) is 0.500. The van der Waals surface area contributed by atoms with Gasteiger partial charge in [-0.05, 0) is 44.2 Å². The van der Waals surface area contributed by atoms with E-state index in [1.807, 2.05) is 25.1 Å². The summed E-state index contributed by atoms with van der Waals surface area (Å²) < 4.78 is 2.17. The molecule has 24 heavy (non-hydrogen) atoms. The van der Waals surface area contributed by atoms with E-state index < -0.39 is 0 Å². The Morgan fingerprint density at radius 2 is 2.04 bits per heavy atom. The van der Waals surface area contributed by atoms with Gasteiger partial charge < -0.3 is 9.88 Å². The van der Waals surface area contributed by atoms with Gasteiger partial charge in [-0.2, -0.15) is 0 Å². The number of nitrogens with zero attached hydrogens (tertiary/aromatic N) is 2. The Kier molecular flexibility index (Phi) is 4.24. The van der Waals surface area contributed by atoms with Crippen molar-refractivity contribution in [2.24, 2.45) is 17.3 Å². The van der Waals surface area contributed by atoms with Crippen LogP contribution in [0.5, 0.6) is 0 Å². The fourth-order valence-electron chi connectivity index (χ4n) is 3.73. The van der Waals surface area contributed by atoms with Gasteiger partial charge in [-0.25, -0.2) is 4.98 Å². The van der Waals surface area contributed by atoms with Crippen LogP contribution < -0.4 is 5.32 Å². The number of imidazole rings is 1. The average Bonchev–Trinajstić information content (AvgIpc) is 2.88. The number of aryl methyl sites for hydroxylation is 1. The van der Waals surface area contributed by atoms with Gasteiger partial charge in [-0.15, -0.1) is 0 Å². The van der Waals surface area contributed by atoms with Gasteiger partial charge in [0.05, 0.1) is 17.0 Å². The molecule has 0 unspecified atom stereocenters. The predicted octanol–water partition coefficient (Wildman–Crippen LogP) is 3.70. The Morgan fingerprint density at radius 3 is 2.75 bits per heavy atom. The van der Waals surface area contributed by atoms with Crippen molar-refractivity contribution in [3.05, 3.63) is 41.7 Å². The highest BCUT2D eigenvalue weighted by atomic mass is 16.2. The molecule has 128 valence electrons. The zero-order valence-corrected chi connectivity index (χ0v) is 15.3. The number of aromatic nitrogens is 2. The molecule has 3 rings (SSSR count). The van der Waals surface area contributed by atoms with E-state index in [0.29, 0.717) is 12.5 Å². The zero-order valence-electron chi connectivity index (χ0n) is 15.3. The molecule has 1 heterocycles. The second kappa shape index (κ2) is 6.08. The normalized spacial score (nSPS) is 21.5. The molecule has 1 saturated carbocycles. The summed E-state index contributed by atoms with van der Waals surface area (Å²) in [6.45, 7) is 11.9. The van der Waals surface area contributed by atoms with E-state index >= 15 is 0 Å². The summed E-state index contributed by atoms with van der Waals surface area (Å²) in [5.41, 5.74) is 3.48. The molecule has 4 nitrogen and oxygen atoms in total. The van der Waals surface area contributed by atoms with Gasteiger partial charge >= 0.3 is 0 Å². The van der Waals surface area contributed by atoms with Crippen molar-refractivity contribution in [3.8, 4) is 0 Å². The van der Waals surface area contributed by atoms with Crippen LogP contribution in [0.15, 0.2) is 35.9 Å². The molecule has 1 aliphatic carbocycles. The molecule has 1 amide bonds. The van der Waals surface area contributed by atoms with Crippen molar-refractivity contribution in [3.63, 3.8) is 0 Å². The third-order valence-electron chi connectivity index (χ3n) is 5.19. The van der Waals surface area contributed by atoms with Crippen molar-refractivity contribution in [1.29, 1.82) is 0 Å². The van der Waals surface area contributed by atoms with Crippen molar-refractivity contribution >= 4 is 16.9 Å². The van der Waals surface area contributed by atoms with Crippen LogP contribution in [-0.2, 0) is 11.3 Å². The van der Waals surface area contributed by atoms with E-state index in [1.54, 1.807) is 0 Å². The SMILES string of the molecule is CC(C)=C[C@@H]1[C@@H](C(=O)NCCn2c(C)nc3ccccc32)C1(C)C. The van der Waals surface area contributed by atoms with Gasteiger partial charge in [0.15, 0.2) is 0 Å². The Labute approximate surface area is 144 Å². The van der Waals surface area contributed by atoms with Crippen molar-refractivity contribution in [2.75, 3.05) is 6.54 Å². The molecule has 1 N–H and O–H groups in total. The summed E-state index contributed by atoms with van der Waals surface area (Å²) in [5, 5.41) is 3.12. The van der Waals surface area contributed by atoms with Crippen LogP contribution in [0.25, 0.3) is 11.0 Å². The number of rotatable bonds is 5. The molecule has 0 radical (unpaired) electrons. The maximum atomic E-state index is 12.5. The average molecular weight is 325 g/mol. The summed E-state index contributed by atoms with van der Waals surface area (Å²) in [5.74, 6) is 1.61. The van der Waals surface area contributed by atoms with Crippen molar-refractivity contribution < 1.29 is 4.79 Å². The van der Waals surface area contributed by atoms with Gasteiger partial charge in [-0.1, -0.05) is 37.6 Å². The summed E-state index contributed by atoms with van der Waals surface area (Å²) in [4.78, 5) is 17.1. The summed E-state index contributed by atoms with van der Waals surface area (Å²) in [7, 11) is 0. The van der Waals surface area contributed by atoms with Crippen LogP contribution in [0.4, 0.5) is 0 Å². The van der Waals surface area contributed by atoms with Gasteiger partial charge in [0.2, 0.25) is 5.91 Å². The minimum absolute atomic E-state index is 0.0684. The maximum Gasteiger partial charge on any atom is 0.224 e. The number of para-hydroxylation sites is 2. The van der Waals surface area contributed by atoms with Gasteiger partial charge in [0, 0.05) is 13.1 Å². The van der Waals surface area contributed by atoms with Crippen molar-refractivity contribution in [1.82, 2.24) is 14.9 Å². The Hall–Kier alpha value is -2.10. The second-order valence-corrected chi connectivity index (χ2v) is 7.66. The van der Waals surface area contributed by atoms with E-state index in [1.165, 1.54) is 5.57 Å². The molecule has 1 aromatic carbocycles. The molecule has 0 bridgehead atoms. The quantitative estimate of drug-likeness (QED) is 0.852. The zero-order chi connectivity index (χ0) is 17.5. The predicted molar refractivity (Wildman–Crippen MR) is 97.7 cm³/mol. The minimum Gasteiger partial charge on any atom is -0.354 e. The number of nitrogens with one attached hydrogen (secondary N) is 1. The Morgan fingerprint density at radius 1 is 1.33 bits per heavy atom. The molecule has 0 saturated heterocycles. The number of fused-ring (bicyclic) bond motifs is 1. The molecule has 0 aliphatic heterocycles. The molecule has 1 aliphatic rings. The van der Waals surface area contributed by atoms with Crippen LogP contribution >= 0.6 is 0 Å². The van der Waals surface area contributed by atoms with Crippen molar-refractivity contribution in [2.45, 2.75) is 41.2 Å². The van der Waals surface area contributed by atoms with Gasteiger partial charge in [0.1, 0.15) is 5.82 Å². The smallest absolute Gasteiger partial charge is 0.224 e. The van der Waals surface area contributed by atoms with Crippen LogP contribution in [-0.4, -0.2) is 22.0 Å². The molecular formula is C20H27N3O. The standard InChI is InChI=1S/C20H27N3O/c1-13(2)12-15-18(20(15,4)5)19(24)21-10-11-23-14(3)22-16-8-6-7-9-17(16)23/h6-9,12,15,18H,10-11H2,1-5H3,(H,21,24)/t15-,18+/m1/s1. The molecule has 2 aromatic rings. The van der Waals surface area contributed by atoms with Crippen LogP contribution in [0, 0.1) is 24.2 Å². The highest BCUT2D eigenvalue weighted by molar-refractivity contribution is 5.83. The highest BCUT2D eigenvalue weighted by Gasteiger charge is 2.60. The first-order chi connectivity index (χ1) is 11.3. The first-order valence-corrected chi connectivity index (χ1v) is 8.67. The monoisotopic (exact) mass is 325 g/mol. The van der Waals surface area contributed by atoms with E-state index in [-0.39, 0.29) is 17.2 Å². The second-order valence-electron chi connectivity index (χ2n) is 7.66. The number of benzene rings is 1. The molecule has 1 fully saturated rings. The fourth-order valence-corrected chi connectivity index (χ4v) is 3.73. The summed E-state index contributed by atoms with van der Waals surface area (Å²) in [6.07, 6.45) is 2.23. The number of allylic oxidation sites excluding steroid dienone is 2.